The Balaban J connectivity index is 2.02. The zero-order valence-electron chi connectivity index (χ0n) is 9.40. The number of benzene rings is 1. The fourth-order valence-corrected chi connectivity index (χ4v) is 1.90. The van der Waals surface area contributed by atoms with Crippen LogP contribution in [0.1, 0.15) is 18.1 Å². The maximum Gasteiger partial charge on any atom is 0.169 e. The Hall–Kier alpha value is -1.37. The van der Waals surface area contributed by atoms with E-state index in [9.17, 15) is 0 Å². The van der Waals surface area contributed by atoms with Gasteiger partial charge in [-0.15, -0.1) is 0 Å². The first-order valence-corrected chi connectivity index (χ1v) is 5.44. The summed E-state index contributed by atoms with van der Waals surface area (Å²) in [5.74, 6) is -0.475. The quantitative estimate of drug-likeness (QED) is 0.778. The zero-order chi connectivity index (χ0) is 11.4. The highest BCUT2D eigenvalue weighted by atomic mass is 16.7. The molecule has 16 heavy (non-hydrogen) atoms. The van der Waals surface area contributed by atoms with Gasteiger partial charge >= 0.3 is 0 Å². The Kier molecular flexibility index (Phi) is 3.23. The van der Waals surface area contributed by atoms with Crippen molar-refractivity contribution in [1.29, 1.82) is 5.26 Å². The predicted molar refractivity (Wildman–Crippen MR) is 59.8 cm³/mol. The lowest BCUT2D eigenvalue weighted by Gasteiger charge is -2.22. The molecule has 0 atom stereocenters. The minimum Gasteiger partial charge on any atom is -0.347 e. The van der Waals surface area contributed by atoms with Crippen molar-refractivity contribution >= 4 is 0 Å². The Morgan fingerprint density at radius 3 is 2.31 bits per heavy atom. The number of rotatable bonds is 3. The fraction of sp³-hybridized carbons (Fsp3) is 0.462. The molecule has 1 aromatic carbocycles. The summed E-state index contributed by atoms with van der Waals surface area (Å²) >= 11 is 0. The van der Waals surface area contributed by atoms with Gasteiger partial charge in [0.25, 0.3) is 0 Å². The number of hydrogen-bond acceptors (Lipinski definition) is 3. The van der Waals surface area contributed by atoms with E-state index < -0.39 is 5.79 Å². The molecule has 0 bridgehead atoms. The lowest BCUT2D eigenvalue weighted by Crippen LogP contribution is -2.28. The molecule has 0 saturated carbocycles. The van der Waals surface area contributed by atoms with E-state index in [0.29, 0.717) is 19.6 Å². The molecule has 0 unspecified atom stereocenters. The highest BCUT2D eigenvalue weighted by Gasteiger charge is 2.30. The molecule has 0 aliphatic carbocycles. The summed E-state index contributed by atoms with van der Waals surface area (Å²) in [5, 5.41) is 8.57. The average Bonchev–Trinajstić information content (AvgIpc) is 2.68. The second kappa shape index (κ2) is 4.65. The fourth-order valence-electron chi connectivity index (χ4n) is 1.90. The molecule has 0 radical (unpaired) electrons. The molecule has 0 spiro atoms. The molecule has 1 heterocycles. The van der Waals surface area contributed by atoms with Crippen LogP contribution in [0.4, 0.5) is 0 Å². The number of nitrogens with zero attached hydrogens (tertiary/aromatic N) is 1. The summed E-state index contributed by atoms with van der Waals surface area (Å²) in [5.41, 5.74) is 2.22. The highest BCUT2D eigenvalue weighted by molar-refractivity contribution is 5.25. The lowest BCUT2D eigenvalue weighted by molar-refractivity contribution is -0.140. The number of hydrogen-bond donors (Lipinski definition) is 0. The van der Waals surface area contributed by atoms with Crippen LogP contribution in [-0.2, 0) is 22.3 Å². The summed E-state index contributed by atoms with van der Waals surface area (Å²) < 4.78 is 11.1. The van der Waals surface area contributed by atoms with Crippen LogP contribution in [0.2, 0.25) is 0 Å². The van der Waals surface area contributed by atoms with E-state index in [4.69, 9.17) is 14.7 Å². The van der Waals surface area contributed by atoms with Gasteiger partial charge in [0, 0.05) is 6.42 Å². The topological polar surface area (TPSA) is 42.2 Å². The van der Waals surface area contributed by atoms with Gasteiger partial charge in [-0.05, 0) is 18.1 Å². The van der Waals surface area contributed by atoms with E-state index >= 15 is 0 Å². The Bertz CT molecular complexity index is 385. The van der Waals surface area contributed by atoms with Crippen LogP contribution in [-0.4, -0.2) is 19.0 Å². The third-order valence-electron chi connectivity index (χ3n) is 2.73. The molecule has 0 amide bonds. The minimum absolute atomic E-state index is 0.463. The third kappa shape index (κ3) is 2.60. The molecule has 1 aromatic rings. The Labute approximate surface area is 95.6 Å². The molecular weight excluding hydrogens is 202 g/mol. The van der Waals surface area contributed by atoms with E-state index in [-0.39, 0.29) is 0 Å². The summed E-state index contributed by atoms with van der Waals surface area (Å²) in [6, 6.07) is 10.2. The molecule has 2 rings (SSSR count). The third-order valence-corrected chi connectivity index (χ3v) is 2.73. The summed E-state index contributed by atoms with van der Waals surface area (Å²) in [7, 11) is 0. The number of nitriles is 1. The van der Waals surface area contributed by atoms with Crippen LogP contribution >= 0.6 is 0 Å². The summed E-state index contributed by atoms with van der Waals surface area (Å²) in [6.07, 6.45) is 1.21. The standard InChI is InChI=1S/C13H15NO2/c1-13(15-8-9-16-13)10-12-4-2-11(3-5-12)6-7-14/h2-5H,6,8-10H2,1H3. The summed E-state index contributed by atoms with van der Waals surface area (Å²) in [4.78, 5) is 0. The molecule has 1 saturated heterocycles. The highest BCUT2D eigenvalue weighted by Crippen LogP contribution is 2.23. The molecule has 1 aliphatic heterocycles. The van der Waals surface area contributed by atoms with Crippen molar-refractivity contribution in [3.63, 3.8) is 0 Å². The van der Waals surface area contributed by atoms with Gasteiger partial charge in [-0.1, -0.05) is 24.3 Å². The van der Waals surface area contributed by atoms with Crippen molar-refractivity contribution in [2.24, 2.45) is 0 Å². The van der Waals surface area contributed by atoms with Crippen molar-refractivity contribution in [1.82, 2.24) is 0 Å². The van der Waals surface area contributed by atoms with Gasteiger partial charge in [0.15, 0.2) is 5.79 Å². The van der Waals surface area contributed by atoms with Gasteiger partial charge in [-0.25, -0.2) is 0 Å². The average molecular weight is 217 g/mol. The van der Waals surface area contributed by atoms with Gasteiger partial charge in [-0.2, -0.15) is 5.26 Å². The van der Waals surface area contributed by atoms with Crippen molar-refractivity contribution in [3.8, 4) is 6.07 Å². The van der Waals surface area contributed by atoms with Crippen LogP contribution in [0.3, 0.4) is 0 Å². The van der Waals surface area contributed by atoms with Gasteiger partial charge in [0.1, 0.15) is 0 Å². The SMILES string of the molecule is CC1(Cc2ccc(CC#N)cc2)OCCO1. The van der Waals surface area contributed by atoms with Gasteiger partial charge in [0.05, 0.1) is 25.7 Å². The van der Waals surface area contributed by atoms with E-state index in [1.165, 1.54) is 5.56 Å². The van der Waals surface area contributed by atoms with Crippen molar-refractivity contribution in [2.75, 3.05) is 13.2 Å². The van der Waals surface area contributed by atoms with Gasteiger partial charge in [0.2, 0.25) is 0 Å². The van der Waals surface area contributed by atoms with E-state index in [2.05, 4.69) is 6.07 Å². The molecule has 3 heteroatoms. The second-order valence-electron chi connectivity index (χ2n) is 4.16. The minimum atomic E-state index is -0.475. The van der Waals surface area contributed by atoms with Crippen LogP contribution in [0.5, 0.6) is 0 Å². The largest absolute Gasteiger partial charge is 0.347 e. The van der Waals surface area contributed by atoms with Gasteiger partial charge < -0.3 is 9.47 Å². The maximum absolute atomic E-state index is 8.57. The first-order chi connectivity index (χ1) is 7.72. The predicted octanol–water partition coefficient (Wildman–Crippen LogP) is 2.06. The Morgan fingerprint density at radius 1 is 1.19 bits per heavy atom. The number of ether oxygens (including phenoxy) is 2. The van der Waals surface area contributed by atoms with Crippen molar-refractivity contribution < 1.29 is 9.47 Å². The van der Waals surface area contributed by atoms with Crippen molar-refractivity contribution in [3.05, 3.63) is 35.4 Å². The molecular formula is C13H15NO2. The van der Waals surface area contributed by atoms with Crippen LogP contribution < -0.4 is 0 Å². The first-order valence-electron chi connectivity index (χ1n) is 5.44. The second-order valence-corrected chi connectivity index (χ2v) is 4.16. The molecule has 0 aromatic heterocycles. The van der Waals surface area contributed by atoms with E-state index in [1.807, 2.05) is 31.2 Å². The van der Waals surface area contributed by atoms with Crippen LogP contribution in [0.25, 0.3) is 0 Å². The van der Waals surface area contributed by atoms with Crippen molar-refractivity contribution in [2.45, 2.75) is 25.6 Å². The molecule has 3 nitrogen and oxygen atoms in total. The monoisotopic (exact) mass is 217 g/mol. The molecule has 1 aliphatic rings. The smallest absolute Gasteiger partial charge is 0.169 e. The van der Waals surface area contributed by atoms with Crippen LogP contribution in [0.15, 0.2) is 24.3 Å². The molecule has 1 fully saturated rings. The van der Waals surface area contributed by atoms with Crippen LogP contribution in [0, 0.1) is 11.3 Å². The lowest BCUT2D eigenvalue weighted by atomic mass is 10.0. The van der Waals surface area contributed by atoms with Gasteiger partial charge in [-0.3, -0.25) is 0 Å². The molecule has 84 valence electrons. The first kappa shape index (κ1) is 11.1. The van der Waals surface area contributed by atoms with E-state index in [1.54, 1.807) is 0 Å². The maximum atomic E-state index is 8.57. The van der Waals surface area contributed by atoms with E-state index in [0.717, 1.165) is 12.0 Å². The zero-order valence-corrected chi connectivity index (χ0v) is 9.40. The molecule has 0 N–H and O–H groups in total. The Morgan fingerprint density at radius 2 is 1.75 bits per heavy atom. The normalized spacial score (nSPS) is 18.2. The summed E-state index contributed by atoms with van der Waals surface area (Å²) in [6.45, 7) is 3.30.